The molecule has 3 nitrogen and oxygen atoms in total. The molecule has 0 aromatic heterocycles. The largest absolute Gasteiger partial charge is 0.300 e. The zero-order valence-corrected chi connectivity index (χ0v) is 24.5. The highest BCUT2D eigenvalue weighted by atomic mass is 16.1. The lowest BCUT2D eigenvalue weighted by Crippen LogP contribution is -2.30. The molecule has 202 valence electrons. The number of hydrogen-bond donors (Lipinski definition) is 0. The van der Waals surface area contributed by atoms with Crippen LogP contribution in [-0.4, -0.2) is 17.3 Å². The van der Waals surface area contributed by atoms with E-state index in [0.717, 1.165) is 44.1 Å². The molecule has 0 spiro atoms. The SMILES string of the molecule is CCCC(C)CCc1cc(C(C)C)c2c(c1C)C(=O)CC(CC(CCC)C(CC)C(=O)CC(C)=O)C2. The minimum atomic E-state index is -0.0795. The molecule has 0 saturated carbocycles. The van der Waals surface area contributed by atoms with Crippen LogP contribution < -0.4 is 0 Å². The summed E-state index contributed by atoms with van der Waals surface area (Å²) in [4.78, 5) is 38.2. The fourth-order valence-corrected chi connectivity index (χ4v) is 6.70. The van der Waals surface area contributed by atoms with Crippen molar-refractivity contribution < 1.29 is 14.4 Å². The number of benzene rings is 1. The molecule has 2 rings (SSSR count). The molecule has 4 unspecified atom stereocenters. The summed E-state index contributed by atoms with van der Waals surface area (Å²) in [6, 6.07) is 2.40. The Bertz CT molecular complexity index is 910. The molecule has 0 bridgehead atoms. The maximum absolute atomic E-state index is 13.6. The first kappa shape index (κ1) is 30.5. The van der Waals surface area contributed by atoms with Gasteiger partial charge in [-0.3, -0.25) is 14.4 Å². The van der Waals surface area contributed by atoms with Crippen LogP contribution >= 0.6 is 0 Å². The van der Waals surface area contributed by atoms with Crippen molar-refractivity contribution in [3.05, 3.63) is 33.9 Å². The highest BCUT2D eigenvalue weighted by molar-refractivity contribution is 6.01. The van der Waals surface area contributed by atoms with E-state index in [9.17, 15) is 14.4 Å². The van der Waals surface area contributed by atoms with E-state index in [2.05, 4.69) is 54.5 Å². The van der Waals surface area contributed by atoms with Crippen molar-refractivity contribution >= 4 is 17.3 Å². The second-order valence-corrected chi connectivity index (χ2v) is 12.0. The smallest absolute Gasteiger partial charge is 0.163 e. The first-order valence-electron chi connectivity index (χ1n) is 14.7. The van der Waals surface area contributed by atoms with Crippen LogP contribution in [0.1, 0.15) is 145 Å². The van der Waals surface area contributed by atoms with E-state index in [-0.39, 0.29) is 35.7 Å². The van der Waals surface area contributed by atoms with Crippen LogP contribution in [0.5, 0.6) is 0 Å². The van der Waals surface area contributed by atoms with Gasteiger partial charge >= 0.3 is 0 Å². The Kier molecular flexibility index (Phi) is 12.0. The normalized spacial score (nSPS) is 18.1. The molecule has 1 aliphatic rings. The zero-order valence-electron chi connectivity index (χ0n) is 24.5. The Morgan fingerprint density at radius 1 is 1.00 bits per heavy atom. The summed E-state index contributed by atoms with van der Waals surface area (Å²) in [7, 11) is 0. The lowest BCUT2D eigenvalue weighted by atomic mass is 9.70. The van der Waals surface area contributed by atoms with Gasteiger partial charge in [-0.2, -0.15) is 0 Å². The Hall–Kier alpha value is -1.77. The quantitative estimate of drug-likeness (QED) is 0.228. The van der Waals surface area contributed by atoms with Gasteiger partial charge in [-0.25, -0.2) is 0 Å². The van der Waals surface area contributed by atoms with Gasteiger partial charge in [-0.15, -0.1) is 0 Å². The molecule has 0 aliphatic heterocycles. The van der Waals surface area contributed by atoms with Gasteiger partial charge in [0.15, 0.2) is 5.78 Å². The van der Waals surface area contributed by atoms with E-state index in [1.165, 1.54) is 48.4 Å². The number of carbonyl (C=O) groups excluding carboxylic acids is 3. The van der Waals surface area contributed by atoms with Crippen molar-refractivity contribution in [2.45, 2.75) is 132 Å². The first-order valence-corrected chi connectivity index (χ1v) is 14.7. The predicted molar refractivity (Wildman–Crippen MR) is 151 cm³/mol. The molecule has 0 N–H and O–H groups in total. The van der Waals surface area contributed by atoms with Gasteiger partial charge < -0.3 is 0 Å². The molecule has 0 fully saturated rings. The van der Waals surface area contributed by atoms with E-state index < -0.39 is 0 Å². The fraction of sp³-hybridized carbons (Fsp3) is 0.727. The minimum Gasteiger partial charge on any atom is -0.300 e. The van der Waals surface area contributed by atoms with E-state index >= 15 is 0 Å². The average molecular weight is 497 g/mol. The monoisotopic (exact) mass is 496 g/mol. The standard InChI is InChI=1S/C33H52O3/c1-9-12-22(6)14-15-26-20-29(21(4)5)30-18-25(19-32(36)33(30)24(26)8)17-27(13-10-2)28(11-3)31(35)16-23(7)34/h20-22,25,27-28H,9-19H2,1-8H3. The van der Waals surface area contributed by atoms with Gasteiger partial charge in [-0.05, 0) is 91.9 Å². The maximum Gasteiger partial charge on any atom is 0.163 e. The molecule has 1 aliphatic carbocycles. The number of ketones is 3. The van der Waals surface area contributed by atoms with Crippen LogP contribution in [0, 0.1) is 30.6 Å². The molecule has 0 amide bonds. The Labute approximate surface area is 221 Å². The van der Waals surface area contributed by atoms with Crippen molar-refractivity contribution in [3.8, 4) is 0 Å². The summed E-state index contributed by atoms with van der Waals surface area (Å²) in [5.74, 6) is 1.86. The van der Waals surface area contributed by atoms with E-state index in [1.807, 2.05) is 0 Å². The summed E-state index contributed by atoms with van der Waals surface area (Å²) in [5, 5.41) is 0. The molecular weight excluding hydrogens is 444 g/mol. The zero-order chi connectivity index (χ0) is 27.0. The molecule has 1 aromatic rings. The van der Waals surface area contributed by atoms with Crippen LogP contribution in [0.25, 0.3) is 0 Å². The van der Waals surface area contributed by atoms with Crippen molar-refractivity contribution in [1.82, 2.24) is 0 Å². The summed E-state index contributed by atoms with van der Waals surface area (Å²) in [5.41, 5.74) is 6.18. The van der Waals surface area contributed by atoms with E-state index in [0.29, 0.717) is 24.0 Å². The summed E-state index contributed by atoms with van der Waals surface area (Å²) in [6.45, 7) is 17.0. The molecule has 4 atom stereocenters. The van der Waals surface area contributed by atoms with Crippen LogP contribution in [0.15, 0.2) is 6.07 Å². The fourth-order valence-electron chi connectivity index (χ4n) is 6.70. The molecule has 0 saturated heterocycles. The number of carbonyl (C=O) groups is 3. The Morgan fingerprint density at radius 3 is 2.22 bits per heavy atom. The van der Waals surface area contributed by atoms with Gasteiger partial charge in [0.1, 0.15) is 11.6 Å². The summed E-state index contributed by atoms with van der Waals surface area (Å²) < 4.78 is 0. The van der Waals surface area contributed by atoms with Gasteiger partial charge in [0, 0.05) is 17.9 Å². The van der Waals surface area contributed by atoms with Gasteiger partial charge in [0.05, 0.1) is 6.42 Å². The van der Waals surface area contributed by atoms with Crippen LogP contribution in [0.4, 0.5) is 0 Å². The summed E-state index contributed by atoms with van der Waals surface area (Å²) >= 11 is 0. The highest BCUT2D eigenvalue weighted by Crippen LogP contribution is 2.40. The molecule has 0 heterocycles. The van der Waals surface area contributed by atoms with Gasteiger partial charge in [0.2, 0.25) is 0 Å². The highest BCUT2D eigenvalue weighted by Gasteiger charge is 2.34. The number of hydrogen-bond acceptors (Lipinski definition) is 3. The van der Waals surface area contributed by atoms with E-state index in [1.54, 1.807) is 0 Å². The first-order chi connectivity index (χ1) is 17.0. The number of aryl methyl sites for hydroxylation is 1. The van der Waals surface area contributed by atoms with Crippen molar-refractivity contribution in [3.63, 3.8) is 0 Å². The van der Waals surface area contributed by atoms with Crippen molar-refractivity contribution in [1.29, 1.82) is 0 Å². The number of rotatable bonds is 15. The minimum absolute atomic E-state index is 0.0431. The topological polar surface area (TPSA) is 51.2 Å². The molecule has 36 heavy (non-hydrogen) atoms. The van der Waals surface area contributed by atoms with Crippen LogP contribution in [0.3, 0.4) is 0 Å². The second-order valence-electron chi connectivity index (χ2n) is 12.0. The third-order valence-corrected chi connectivity index (χ3v) is 8.53. The Morgan fingerprint density at radius 2 is 1.67 bits per heavy atom. The molecule has 3 heteroatoms. The van der Waals surface area contributed by atoms with Crippen LogP contribution in [-0.2, 0) is 22.4 Å². The van der Waals surface area contributed by atoms with Crippen molar-refractivity contribution in [2.75, 3.05) is 0 Å². The molecular formula is C33H52O3. The van der Waals surface area contributed by atoms with E-state index in [4.69, 9.17) is 0 Å². The lowest BCUT2D eigenvalue weighted by Gasteiger charge is -2.33. The summed E-state index contributed by atoms with van der Waals surface area (Å²) in [6.07, 6.45) is 9.91. The maximum atomic E-state index is 13.6. The Balaban J connectivity index is 2.34. The van der Waals surface area contributed by atoms with Crippen molar-refractivity contribution in [2.24, 2.45) is 23.7 Å². The van der Waals surface area contributed by atoms with Gasteiger partial charge in [-0.1, -0.05) is 73.3 Å². The predicted octanol–water partition coefficient (Wildman–Crippen LogP) is 8.61. The molecule has 1 aromatic carbocycles. The third kappa shape index (κ3) is 7.86. The number of fused-ring (bicyclic) bond motifs is 1. The second kappa shape index (κ2) is 14.2. The van der Waals surface area contributed by atoms with Gasteiger partial charge in [0.25, 0.3) is 0 Å². The molecule has 0 radical (unpaired) electrons. The third-order valence-electron chi connectivity index (χ3n) is 8.53. The average Bonchev–Trinajstić information content (AvgIpc) is 2.78. The van der Waals surface area contributed by atoms with Crippen LogP contribution in [0.2, 0.25) is 0 Å². The number of Topliss-reactive ketones (excluding diaryl/α,β-unsaturated/α-hetero) is 3. The lowest BCUT2D eigenvalue weighted by molar-refractivity contribution is -0.129.